The average molecular weight is 304 g/mol. The molecule has 1 heterocycles. The summed E-state index contributed by atoms with van der Waals surface area (Å²) in [7, 11) is 0. The Morgan fingerprint density at radius 3 is 2.67 bits per heavy atom. The Kier molecular flexibility index (Phi) is 5.22. The minimum atomic E-state index is -4.65. The lowest BCUT2D eigenvalue weighted by Gasteiger charge is -2.24. The van der Waals surface area contributed by atoms with Crippen molar-refractivity contribution in [1.29, 1.82) is 0 Å². The highest BCUT2D eigenvalue weighted by Crippen LogP contribution is 2.32. The zero-order chi connectivity index (χ0) is 15.5. The maximum absolute atomic E-state index is 13.3. The normalized spacial score (nSPS) is 19.4. The van der Waals surface area contributed by atoms with E-state index in [1.54, 1.807) is 0 Å². The van der Waals surface area contributed by atoms with Gasteiger partial charge in [0.25, 0.3) is 0 Å². The van der Waals surface area contributed by atoms with Gasteiger partial charge in [-0.05, 0) is 43.6 Å². The minimum absolute atomic E-state index is 0.396. The predicted molar refractivity (Wildman–Crippen MR) is 73.4 cm³/mol. The Hall–Kier alpha value is -1.14. The molecule has 1 aromatic rings. The van der Waals surface area contributed by atoms with Crippen LogP contribution in [-0.4, -0.2) is 30.6 Å². The summed E-state index contributed by atoms with van der Waals surface area (Å²) in [4.78, 5) is 2.08. The largest absolute Gasteiger partial charge is 0.419 e. The lowest BCUT2D eigenvalue weighted by atomic mass is 10.1. The first-order chi connectivity index (χ1) is 9.90. The van der Waals surface area contributed by atoms with Crippen LogP contribution in [0.2, 0.25) is 0 Å². The average Bonchev–Trinajstić information content (AvgIpc) is 2.91. The van der Waals surface area contributed by atoms with Crippen molar-refractivity contribution in [2.45, 2.75) is 38.5 Å². The molecule has 1 N–H and O–H groups in total. The van der Waals surface area contributed by atoms with E-state index in [4.69, 9.17) is 0 Å². The maximum atomic E-state index is 13.3. The van der Waals surface area contributed by atoms with Crippen molar-refractivity contribution in [3.8, 4) is 0 Å². The van der Waals surface area contributed by atoms with Crippen molar-refractivity contribution in [2.24, 2.45) is 0 Å². The monoisotopic (exact) mass is 304 g/mol. The van der Waals surface area contributed by atoms with E-state index < -0.39 is 17.6 Å². The molecule has 0 aromatic heterocycles. The van der Waals surface area contributed by atoms with Gasteiger partial charge in [-0.3, -0.25) is 4.90 Å². The summed E-state index contributed by atoms with van der Waals surface area (Å²) in [6.45, 7) is 4.92. The van der Waals surface area contributed by atoms with E-state index in [-0.39, 0.29) is 0 Å². The number of hydrogen-bond donors (Lipinski definition) is 1. The van der Waals surface area contributed by atoms with Crippen molar-refractivity contribution in [2.75, 3.05) is 19.6 Å². The van der Waals surface area contributed by atoms with E-state index in [1.807, 2.05) is 6.92 Å². The quantitative estimate of drug-likeness (QED) is 0.839. The molecule has 1 aliphatic heterocycles. The molecule has 1 saturated heterocycles. The third kappa shape index (κ3) is 4.41. The zero-order valence-electron chi connectivity index (χ0n) is 12.0. The molecule has 0 saturated carbocycles. The molecule has 118 valence electrons. The molecule has 2 rings (SSSR count). The molecule has 1 aromatic carbocycles. The smallest absolute Gasteiger partial charge is 0.313 e. The molecule has 2 nitrogen and oxygen atoms in total. The van der Waals surface area contributed by atoms with Gasteiger partial charge in [-0.15, -0.1) is 0 Å². The third-order valence-electron chi connectivity index (χ3n) is 3.83. The van der Waals surface area contributed by atoms with Crippen LogP contribution in [0, 0.1) is 5.82 Å². The van der Waals surface area contributed by atoms with E-state index in [0.717, 1.165) is 44.6 Å². The Bertz CT molecular complexity index is 467. The molecule has 1 fully saturated rings. The van der Waals surface area contributed by atoms with E-state index in [1.165, 1.54) is 6.07 Å². The predicted octanol–water partition coefficient (Wildman–Crippen LogP) is 3.42. The Morgan fingerprint density at radius 1 is 1.33 bits per heavy atom. The second kappa shape index (κ2) is 6.75. The van der Waals surface area contributed by atoms with Crippen LogP contribution in [0.25, 0.3) is 0 Å². The molecule has 0 radical (unpaired) electrons. The fourth-order valence-electron chi connectivity index (χ4n) is 2.68. The second-order valence-corrected chi connectivity index (χ2v) is 5.43. The molecule has 0 spiro atoms. The molecule has 1 aliphatic rings. The van der Waals surface area contributed by atoms with Gasteiger partial charge in [-0.1, -0.05) is 13.0 Å². The Morgan fingerprint density at radius 2 is 2.10 bits per heavy atom. The fourth-order valence-corrected chi connectivity index (χ4v) is 2.68. The molecule has 0 bridgehead atoms. The lowest BCUT2D eigenvalue weighted by molar-refractivity contribution is -0.140. The molecule has 0 aliphatic carbocycles. The number of likely N-dealkylation sites (N-methyl/N-ethyl adjacent to an activating group) is 1. The fraction of sp³-hybridized carbons (Fsp3) is 0.600. The summed E-state index contributed by atoms with van der Waals surface area (Å²) in [6.07, 6.45) is -2.42. The highest BCUT2D eigenvalue weighted by molar-refractivity contribution is 5.27. The van der Waals surface area contributed by atoms with Crippen LogP contribution in [0.5, 0.6) is 0 Å². The van der Waals surface area contributed by atoms with Gasteiger partial charge >= 0.3 is 6.18 Å². The van der Waals surface area contributed by atoms with E-state index in [0.29, 0.717) is 18.2 Å². The summed E-state index contributed by atoms with van der Waals surface area (Å²) in [5.74, 6) is -1.22. The van der Waals surface area contributed by atoms with Crippen molar-refractivity contribution in [3.63, 3.8) is 0 Å². The molecule has 21 heavy (non-hydrogen) atoms. The van der Waals surface area contributed by atoms with Crippen LogP contribution in [-0.2, 0) is 12.7 Å². The summed E-state index contributed by atoms with van der Waals surface area (Å²) >= 11 is 0. The number of rotatable bonds is 5. The molecular weight excluding hydrogens is 284 g/mol. The van der Waals surface area contributed by atoms with Crippen molar-refractivity contribution in [3.05, 3.63) is 35.1 Å². The van der Waals surface area contributed by atoms with E-state index in [9.17, 15) is 17.6 Å². The minimum Gasteiger partial charge on any atom is -0.313 e. The van der Waals surface area contributed by atoms with Gasteiger partial charge in [-0.2, -0.15) is 13.2 Å². The van der Waals surface area contributed by atoms with E-state index in [2.05, 4.69) is 10.2 Å². The van der Waals surface area contributed by atoms with Crippen LogP contribution in [0.3, 0.4) is 0 Å². The van der Waals surface area contributed by atoms with Gasteiger partial charge in [0.05, 0.1) is 5.56 Å². The first kappa shape index (κ1) is 16.2. The summed E-state index contributed by atoms with van der Waals surface area (Å²) in [5, 5.41) is 3.37. The highest BCUT2D eigenvalue weighted by atomic mass is 19.4. The van der Waals surface area contributed by atoms with Gasteiger partial charge in [-0.25, -0.2) is 4.39 Å². The van der Waals surface area contributed by atoms with Gasteiger partial charge < -0.3 is 5.32 Å². The summed E-state index contributed by atoms with van der Waals surface area (Å²) < 4.78 is 51.4. The molecular formula is C15H20F4N2. The van der Waals surface area contributed by atoms with Gasteiger partial charge in [0.1, 0.15) is 5.82 Å². The number of hydrogen-bond acceptors (Lipinski definition) is 2. The SMILES string of the molecule is CCN(Cc1ccc(F)c(C(F)(F)F)c1)CC1CCCN1. The third-order valence-corrected chi connectivity index (χ3v) is 3.83. The van der Waals surface area contributed by atoms with Crippen molar-refractivity contribution >= 4 is 0 Å². The first-order valence-corrected chi connectivity index (χ1v) is 7.21. The first-order valence-electron chi connectivity index (χ1n) is 7.21. The van der Waals surface area contributed by atoms with Crippen LogP contribution in [0.15, 0.2) is 18.2 Å². The maximum Gasteiger partial charge on any atom is 0.419 e. The summed E-state index contributed by atoms with van der Waals surface area (Å²) in [6, 6.07) is 3.64. The number of halogens is 4. The van der Waals surface area contributed by atoms with E-state index >= 15 is 0 Å². The number of nitrogens with one attached hydrogen (secondary N) is 1. The number of nitrogens with zero attached hydrogens (tertiary/aromatic N) is 1. The molecule has 6 heteroatoms. The topological polar surface area (TPSA) is 15.3 Å². The zero-order valence-corrected chi connectivity index (χ0v) is 12.0. The summed E-state index contributed by atoms with van der Waals surface area (Å²) in [5.41, 5.74) is -0.696. The Balaban J connectivity index is 2.06. The standard InChI is InChI=1S/C15H20F4N2/c1-2-21(10-12-4-3-7-20-12)9-11-5-6-14(16)13(8-11)15(17,18)19/h5-6,8,12,20H,2-4,7,9-10H2,1H3. The van der Waals surface area contributed by atoms with Crippen molar-refractivity contribution < 1.29 is 17.6 Å². The molecule has 0 amide bonds. The lowest BCUT2D eigenvalue weighted by Crippen LogP contribution is -2.37. The van der Waals surface area contributed by atoms with Crippen LogP contribution in [0.1, 0.15) is 30.9 Å². The van der Waals surface area contributed by atoms with Crippen LogP contribution >= 0.6 is 0 Å². The van der Waals surface area contributed by atoms with Gasteiger partial charge in [0.2, 0.25) is 0 Å². The highest BCUT2D eigenvalue weighted by Gasteiger charge is 2.34. The van der Waals surface area contributed by atoms with Crippen molar-refractivity contribution in [1.82, 2.24) is 10.2 Å². The van der Waals surface area contributed by atoms with Gasteiger partial charge in [0.15, 0.2) is 0 Å². The molecule has 1 atom stereocenters. The number of alkyl halides is 3. The van der Waals surface area contributed by atoms with Gasteiger partial charge in [0, 0.05) is 19.1 Å². The number of benzene rings is 1. The molecule has 1 unspecified atom stereocenters. The second-order valence-electron chi connectivity index (χ2n) is 5.43. The van der Waals surface area contributed by atoms with Crippen LogP contribution < -0.4 is 5.32 Å². The van der Waals surface area contributed by atoms with Crippen LogP contribution in [0.4, 0.5) is 17.6 Å². The Labute approximate surface area is 122 Å².